The molecule has 0 unspecified atom stereocenters. The molecule has 0 saturated carbocycles. The molecule has 142 valence electrons. The first-order valence-corrected chi connectivity index (χ1v) is 9.09. The standard InChI is InChI=1S/C21H18ClN3O3/c1-27-18-10-14-6-3-2-5-13(14)9-16(18)21-25-24-19(28-21)11-23-17-8-4-7-15(12-26)20(17)22/h2-10,23,26H,11-12H2,1H3. The number of nitrogens with one attached hydrogen (secondary N) is 1. The maximum Gasteiger partial charge on any atom is 0.251 e. The summed E-state index contributed by atoms with van der Waals surface area (Å²) in [6.45, 7) is 0.179. The minimum Gasteiger partial charge on any atom is -0.496 e. The van der Waals surface area contributed by atoms with Crippen LogP contribution in [0.5, 0.6) is 5.75 Å². The van der Waals surface area contributed by atoms with Gasteiger partial charge in [0.15, 0.2) is 0 Å². The van der Waals surface area contributed by atoms with Crippen LogP contribution in [0.2, 0.25) is 5.02 Å². The molecule has 1 aromatic heterocycles. The van der Waals surface area contributed by atoms with Crippen molar-refractivity contribution in [1.82, 2.24) is 10.2 Å². The summed E-state index contributed by atoms with van der Waals surface area (Å²) < 4.78 is 11.3. The predicted molar refractivity (Wildman–Crippen MR) is 108 cm³/mol. The van der Waals surface area contributed by atoms with Gasteiger partial charge in [0.05, 0.1) is 36.5 Å². The van der Waals surface area contributed by atoms with Crippen molar-refractivity contribution >= 4 is 28.1 Å². The fourth-order valence-electron chi connectivity index (χ4n) is 3.00. The fourth-order valence-corrected chi connectivity index (χ4v) is 3.25. The number of halogens is 1. The minimum absolute atomic E-state index is 0.124. The highest BCUT2D eigenvalue weighted by Crippen LogP contribution is 2.33. The molecule has 0 aliphatic rings. The van der Waals surface area contributed by atoms with Gasteiger partial charge in [-0.1, -0.05) is 48.0 Å². The second kappa shape index (κ2) is 7.88. The van der Waals surface area contributed by atoms with Gasteiger partial charge in [0.2, 0.25) is 5.89 Å². The van der Waals surface area contributed by atoms with Crippen molar-refractivity contribution in [3.8, 4) is 17.2 Å². The van der Waals surface area contributed by atoms with E-state index in [4.69, 9.17) is 20.8 Å². The SMILES string of the molecule is COc1cc2ccccc2cc1-c1nnc(CNc2cccc(CO)c2Cl)o1. The van der Waals surface area contributed by atoms with Crippen molar-refractivity contribution < 1.29 is 14.3 Å². The van der Waals surface area contributed by atoms with E-state index in [1.807, 2.05) is 48.5 Å². The molecule has 3 aromatic carbocycles. The Balaban J connectivity index is 1.59. The van der Waals surface area contributed by atoms with Crippen molar-refractivity contribution in [2.24, 2.45) is 0 Å². The van der Waals surface area contributed by atoms with Gasteiger partial charge in [0.25, 0.3) is 5.89 Å². The van der Waals surface area contributed by atoms with Gasteiger partial charge in [-0.05, 0) is 34.5 Å². The molecule has 0 fully saturated rings. The van der Waals surface area contributed by atoms with Crippen molar-refractivity contribution in [1.29, 1.82) is 0 Å². The lowest BCUT2D eigenvalue weighted by atomic mass is 10.1. The van der Waals surface area contributed by atoms with Crippen molar-refractivity contribution in [2.45, 2.75) is 13.2 Å². The summed E-state index contributed by atoms with van der Waals surface area (Å²) >= 11 is 6.27. The number of hydrogen-bond donors (Lipinski definition) is 2. The summed E-state index contributed by atoms with van der Waals surface area (Å²) in [5.41, 5.74) is 2.08. The zero-order chi connectivity index (χ0) is 19.5. The third kappa shape index (κ3) is 3.52. The first-order chi connectivity index (χ1) is 13.7. The van der Waals surface area contributed by atoms with E-state index >= 15 is 0 Å². The van der Waals surface area contributed by atoms with Gasteiger partial charge in [-0.3, -0.25) is 0 Å². The number of aliphatic hydroxyl groups is 1. The van der Waals surface area contributed by atoms with E-state index < -0.39 is 0 Å². The molecule has 0 radical (unpaired) electrons. The molecular weight excluding hydrogens is 378 g/mol. The molecule has 0 spiro atoms. The highest BCUT2D eigenvalue weighted by atomic mass is 35.5. The molecule has 0 atom stereocenters. The Hall–Kier alpha value is -3.09. The number of aliphatic hydroxyl groups excluding tert-OH is 1. The number of anilines is 1. The normalized spacial score (nSPS) is 11.0. The smallest absolute Gasteiger partial charge is 0.251 e. The molecule has 0 aliphatic heterocycles. The van der Waals surface area contributed by atoms with E-state index in [1.165, 1.54) is 0 Å². The monoisotopic (exact) mass is 395 g/mol. The zero-order valence-electron chi connectivity index (χ0n) is 15.1. The maximum absolute atomic E-state index is 9.32. The number of fused-ring (bicyclic) bond motifs is 1. The lowest BCUT2D eigenvalue weighted by molar-refractivity contribution is 0.282. The molecule has 0 bridgehead atoms. The molecule has 0 saturated heterocycles. The highest BCUT2D eigenvalue weighted by molar-refractivity contribution is 6.34. The molecule has 2 N–H and O–H groups in total. The summed E-state index contributed by atoms with van der Waals surface area (Å²) in [7, 11) is 1.61. The van der Waals surface area contributed by atoms with Crippen molar-refractivity contribution in [3.63, 3.8) is 0 Å². The van der Waals surface area contributed by atoms with Crippen LogP contribution >= 0.6 is 11.6 Å². The molecule has 0 aliphatic carbocycles. The number of methoxy groups -OCH3 is 1. The first kappa shape index (κ1) is 18.3. The number of nitrogens with zero attached hydrogens (tertiary/aromatic N) is 2. The Bertz CT molecular complexity index is 1130. The number of rotatable bonds is 6. The lowest BCUT2D eigenvalue weighted by Crippen LogP contribution is -2.01. The predicted octanol–water partition coefficient (Wildman–Crippen LogP) is 4.66. The van der Waals surface area contributed by atoms with Crippen LogP contribution in [0.15, 0.2) is 59.0 Å². The Morgan fingerprint density at radius 3 is 2.61 bits per heavy atom. The van der Waals surface area contributed by atoms with Gasteiger partial charge in [-0.15, -0.1) is 10.2 Å². The third-order valence-electron chi connectivity index (χ3n) is 4.44. The Kier molecular flexibility index (Phi) is 5.14. The summed E-state index contributed by atoms with van der Waals surface area (Å²) in [5.74, 6) is 1.46. The summed E-state index contributed by atoms with van der Waals surface area (Å²) in [6, 6.07) is 17.3. The summed E-state index contributed by atoms with van der Waals surface area (Å²) in [4.78, 5) is 0. The van der Waals surface area contributed by atoms with Crippen LogP contribution in [0, 0.1) is 0 Å². The maximum atomic E-state index is 9.32. The topological polar surface area (TPSA) is 80.4 Å². The molecule has 7 heteroatoms. The van der Waals surface area contributed by atoms with E-state index in [-0.39, 0.29) is 6.61 Å². The third-order valence-corrected chi connectivity index (χ3v) is 4.89. The number of aromatic nitrogens is 2. The van der Waals surface area contributed by atoms with E-state index in [1.54, 1.807) is 13.2 Å². The second-order valence-electron chi connectivity index (χ2n) is 6.19. The number of hydrogen-bond acceptors (Lipinski definition) is 6. The van der Waals surface area contributed by atoms with Crippen LogP contribution in [0.3, 0.4) is 0 Å². The largest absolute Gasteiger partial charge is 0.496 e. The van der Waals surface area contributed by atoms with Crippen LogP contribution in [0.1, 0.15) is 11.5 Å². The number of ether oxygens (including phenoxy) is 1. The Morgan fingerprint density at radius 1 is 1.07 bits per heavy atom. The van der Waals surface area contributed by atoms with Crippen LogP contribution in [0.4, 0.5) is 5.69 Å². The van der Waals surface area contributed by atoms with Crippen molar-refractivity contribution in [3.05, 3.63) is 71.1 Å². The quantitative estimate of drug-likeness (QED) is 0.494. The molecular formula is C21H18ClN3O3. The average Bonchev–Trinajstić information content (AvgIpc) is 3.21. The van der Waals surface area contributed by atoms with Crippen LogP contribution < -0.4 is 10.1 Å². The molecule has 6 nitrogen and oxygen atoms in total. The van der Waals surface area contributed by atoms with Crippen molar-refractivity contribution in [2.75, 3.05) is 12.4 Å². The average molecular weight is 396 g/mol. The molecule has 4 aromatic rings. The van der Waals surface area contributed by atoms with Gasteiger partial charge in [0, 0.05) is 0 Å². The van der Waals surface area contributed by atoms with Crippen LogP contribution in [-0.4, -0.2) is 22.4 Å². The first-order valence-electron chi connectivity index (χ1n) is 8.71. The number of benzene rings is 3. The van der Waals surface area contributed by atoms with E-state index in [0.717, 1.165) is 16.3 Å². The van der Waals surface area contributed by atoms with E-state index in [0.29, 0.717) is 40.3 Å². The second-order valence-corrected chi connectivity index (χ2v) is 6.57. The van der Waals surface area contributed by atoms with Gasteiger partial charge < -0.3 is 19.6 Å². The summed E-state index contributed by atoms with van der Waals surface area (Å²) in [6.07, 6.45) is 0. The van der Waals surface area contributed by atoms with Gasteiger partial charge in [0.1, 0.15) is 5.75 Å². The Morgan fingerprint density at radius 2 is 1.86 bits per heavy atom. The Labute approximate surface area is 166 Å². The minimum atomic E-state index is -0.124. The summed E-state index contributed by atoms with van der Waals surface area (Å²) in [5, 5.41) is 23.3. The molecule has 0 amide bonds. The van der Waals surface area contributed by atoms with E-state index in [9.17, 15) is 5.11 Å². The van der Waals surface area contributed by atoms with E-state index in [2.05, 4.69) is 15.5 Å². The van der Waals surface area contributed by atoms with Gasteiger partial charge in [-0.2, -0.15) is 0 Å². The van der Waals surface area contributed by atoms with Gasteiger partial charge >= 0.3 is 0 Å². The molecule has 4 rings (SSSR count). The zero-order valence-corrected chi connectivity index (χ0v) is 15.9. The van der Waals surface area contributed by atoms with Crippen LogP contribution in [0.25, 0.3) is 22.2 Å². The van der Waals surface area contributed by atoms with Crippen LogP contribution in [-0.2, 0) is 13.2 Å². The highest BCUT2D eigenvalue weighted by Gasteiger charge is 2.15. The lowest BCUT2D eigenvalue weighted by Gasteiger charge is -2.09. The fraction of sp³-hybridized carbons (Fsp3) is 0.143. The molecule has 1 heterocycles. The molecule has 28 heavy (non-hydrogen) atoms. The van der Waals surface area contributed by atoms with Gasteiger partial charge in [-0.25, -0.2) is 0 Å².